The molecular formula is C18H17BrClF. The van der Waals surface area contributed by atoms with E-state index in [1.54, 1.807) is 6.07 Å². The van der Waals surface area contributed by atoms with Crippen molar-refractivity contribution in [3.8, 4) is 0 Å². The first-order valence-electron chi connectivity index (χ1n) is 7.23. The topological polar surface area (TPSA) is 0 Å². The molecule has 3 rings (SSSR count). The SMILES string of the molecule is Fc1ccc(CC2(CBr)CCCc3ccccc32)cc1Cl. The highest BCUT2D eigenvalue weighted by molar-refractivity contribution is 9.09. The number of halogens is 3. The Morgan fingerprint density at radius 3 is 2.76 bits per heavy atom. The van der Waals surface area contributed by atoms with Gasteiger partial charge in [-0.05, 0) is 54.5 Å². The van der Waals surface area contributed by atoms with E-state index < -0.39 is 0 Å². The fourth-order valence-corrected chi connectivity index (χ4v) is 4.40. The minimum absolute atomic E-state index is 0.0794. The zero-order valence-corrected chi connectivity index (χ0v) is 14.1. The van der Waals surface area contributed by atoms with Gasteiger partial charge in [0.25, 0.3) is 0 Å². The Kier molecular flexibility index (Phi) is 4.37. The first-order valence-corrected chi connectivity index (χ1v) is 8.73. The lowest BCUT2D eigenvalue weighted by Gasteiger charge is -2.38. The van der Waals surface area contributed by atoms with E-state index in [-0.39, 0.29) is 16.3 Å². The van der Waals surface area contributed by atoms with Gasteiger partial charge in [0.1, 0.15) is 5.82 Å². The summed E-state index contributed by atoms with van der Waals surface area (Å²) >= 11 is 9.66. The quantitative estimate of drug-likeness (QED) is 0.611. The Morgan fingerprint density at radius 2 is 2.00 bits per heavy atom. The van der Waals surface area contributed by atoms with Crippen molar-refractivity contribution in [1.82, 2.24) is 0 Å². The second kappa shape index (κ2) is 6.10. The van der Waals surface area contributed by atoms with Gasteiger partial charge in [-0.2, -0.15) is 0 Å². The van der Waals surface area contributed by atoms with E-state index in [1.807, 2.05) is 6.07 Å². The van der Waals surface area contributed by atoms with Crippen LogP contribution in [-0.2, 0) is 18.3 Å². The van der Waals surface area contributed by atoms with E-state index in [1.165, 1.54) is 23.6 Å². The van der Waals surface area contributed by atoms with Crippen LogP contribution in [0.15, 0.2) is 42.5 Å². The maximum atomic E-state index is 13.4. The molecule has 0 amide bonds. The van der Waals surface area contributed by atoms with Crippen LogP contribution in [0.2, 0.25) is 5.02 Å². The molecule has 1 unspecified atom stereocenters. The highest BCUT2D eigenvalue weighted by atomic mass is 79.9. The molecule has 0 aliphatic heterocycles. The number of rotatable bonds is 3. The molecule has 0 N–H and O–H groups in total. The van der Waals surface area contributed by atoms with E-state index in [0.29, 0.717) is 0 Å². The van der Waals surface area contributed by atoms with Crippen molar-refractivity contribution >= 4 is 27.5 Å². The van der Waals surface area contributed by atoms with Crippen molar-refractivity contribution in [1.29, 1.82) is 0 Å². The lowest BCUT2D eigenvalue weighted by atomic mass is 9.68. The van der Waals surface area contributed by atoms with Crippen LogP contribution in [0.3, 0.4) is 0 Å². The third kappa shape index (κ3) is 2.89. The van der Waals surface area contributed by atoms with Crippen LogP contribution in [0, 0.1) is 5.82 Å². The van der Waals surface area contributed by atoms with Crippen LogP contribution < -0.4 is 0 Å². The van der Waals surface area contributed by atoms with Gasteiger partial charge in [0, 0.05) is 10.7 Å². The van der Waals surface area contributed by atoms with Crippen molar-refractivity contribution < 1.29 is 4.39 Å². The predicted molar refractivity (Wildman–Crippen MR) is 90.0 cm³/mol. The second-order valence-corrected chi connectivity index (χ2v) is 6.82. The maximum absolute atomic E-state index is 13.4. The lowest BCUT2D eigenvalue weighted by Crippen LogP contribution is -2.35. The average Bonchev–Trinajstić information content (AvgIpc) is 2.51. The van der Waals surface area contributed by atoms with Crippen molar-refractivity contribution in [2.45, 2.75) is 31.1 Å². The monoisotopic (exact) mass is 366 g/mol. The molecule has 0 radical (unpaired) electrons. The van der Waals surface area contributed by atoms with E-state index in [4.69, 9.17) is 11.6 Å². The Bertz CT molecular complexity index is 655. The Balaban J connectivity index is 2.00. The smallest absolute Gasteiger partial charge is 0.141 e. The molecule has 0 fully saturated rings. The summed E-state index contributed by atoms with van der Waals surface area (Å²) in [5.74, 6) is -0.350. The maximum Gasteiger partial charge on any atom is 0.141 e. The standard InChI is InChI=1S/C18H17BrClF/c19-12-18(11-13-7-8-17(21)16(20)10-13)9-3-5-14-4-1-2-6-15(14)18/h1-2,4,6-8,10H,3,5,9,11-12H2. The molecule has 0 aromatic heterocycles. The van der Waals surface area contributed by atoms with Gasteiger partial charge < -0.3 is 0 Å². The molecule has 1 aliphatic carbocycles. The number of benzene rings is 2. The molecule has 2 aromatic carbocycles. The van der Waals surface area contributed by atoms with Crippen molar-refractivity contribution in [3.05, 3.63) is 70.0 Å². The number of hydrogen-bond donors (Lipinski definition) is 0. The van der Waals surface area contributed by atoms with Gasteiger partial charge in [-0.3, -0.25) is 0 Å². The number of aryl methyl sites for hydroxylation is 1. The van der Waals surface area contributed by atoms with Crippen LogP contribution in [0.1, 0.15) is 29.5 Å². The van der Waals surface area contributed by atoms with Gasteiger partial charge in [0.2, 0.25) is 0 Å². The molecule has 110 valence electrons. The second-order valence-electron chi connectivity index (χ2n) is 5.85. The highest BCUT2D eigenvalue weighted by Crippen LogP contribution is 2.41. The van der Waals surface area contributed by atoms with Crippen LogP contribution in [0.25, 0.3) is 0 Å². The molecule has 0 heterocycles. The molecule has 0 bridgehead atoms. The summed E-state index contributed by atoms with van der Waals surface area (Å²) in [6.07, 6.45) is 4.37. The van der Waals surface area contributed by atoms with Crippen LogP contribution >= 0.6 is 27.5 Å². The molecule has 3 heteroatoms. The molecule has 0 spiro atoms. The molecule has 0 saturated heterocycles. The number of alkyl halides is 1. The Labute approximate surface area is 138 Å². The van der Waals surface area contributed by atoms with Gasteiger partial charge in [-0.15, -0.1) is 0 Å². The molecule has 21 heavy (non-hydrogen) atoms. The van der Waals surface area contributed by atoms with E-state index in [9.17, 15) is 4.39 Å². The van der Waals surface area contributed by atoms with Crippen molar-refractivity contribution in [2.75, 3.05) is 5.33 Å². The first kappa shape index (κ1) is 15.1. The van der Waals surface area contributed by atoms with Gasteiger partial charge in [0.05, 0.1) is 5.02 Å². The lowest BCUT2D eigenvalue weighted by molar-refractivity contribution is 0.401. The third-order valence-corrected chi connectivity index (χ3v) is 5.84. The van der Waals surface area contributed by atoms with Gasteiger partial charge in [0.15, 0.2) is 0 Å². The summed E-state index contributed by atoms with van der Waals surface area (Å²) in [5, 5.41) is 1.12. The third-order valence-electron chi connectivity index (χ3n) is 4.47. The van der Waals surface area contributed by atoms with E-state index in [2.05, 4.69) is 40.2 Å². The summed E-state index contributed by atoms with van der Waals surface area (Å²) in [7, 11) is 0. The summed E-state index contributed by atoms with van der Waals surface area (Å²) in [6.45, 7) is 0. The zero-order valence-electron chi connectivity index (χ0n) is 11.7. The minimum atomic E-state index is -0.350. The van der Waals surface area contributed by atoms with Gasteiger partial charge in [-0.1, -0.05) is 57.9 Å². The van der Waals surface area contributed by atoms with Crippen LogP contribution in [0.4, 0.5) is 4.39 Å². The molecule has 0 saturated carbocycles. The highest BCUT2D eigenvalue weighted by Gasteiger charge is 2.35. The Hall–Kier alpha value is -0.860. The van der Waals surface area contributed by atoms with Crippen LogP contribution in [-0.4, -0.2) is 5.33 Å². The number of hydrogen-bond acceptors (Lipinski definition) is 0. The number of fused-ring (bicyclic) bond motifs is 1. The zero-order chi connectivity index (χ0) is 14.9. The fourth-order valence-electron chi connectivity index (χ4n) is 3.42. The summed E-state index contributed by atoms with van der Waals surface area (Å²) in [4.78, 5) is 0. The fraction of sp³-hybridized carbons (Fsp3) is 0.333. The van der Waals surface area contributed by atoms with E-state index >= 15 is 0 Å². The molecule has 2 aromatic rings. The predicted octanol–water partition coefficient (Wildman–Crippen LogP) is 5.69. The van der Waals surface area contributed by atoms with Crippen molar-refractivity contribution in [2.24, 2.45) is 0 Å². The van der Waals surface area contributed by atoms with Crippen LogP contribution in [0.5, 0.6) is 0 Å². The summed E-state index contributed by atoms with van der Waals surface area (Å²) < 4.78 is 13.4. The largest absolute Gasteiger partial charge is 0.205 e. The van der Waals surface area contributed by atoms with Crippen molar-refractivity contribution in [3.63, 3.8) is 0 Å². The Morgan fingerprint density at radius 1 is 1.19 bits per heavy atom. The molecule has 1 aliphatic rings. The van der Waals surface area contributed by atoms with Gasteiger partial charge in [-0.25, -0.2) is 4.39 Å². The normalized spacial score (nSPS) is 21.1. The summed E-state index contributed by atoms with van der Waals surface area (Å²) in [5.41, 5.74) is 4.04. The molecule has 1 atom stereocenters. The first-order chi connectivity index (χ1) is 10.1. The van der Waals surface area contributed by atoms with Gasteiger partial charge >= 0.3 is 0 Å². The molecular weight excluding hydrogens is 351 g/mol. The van der Waals surface area contributed by atoms with E-state index in [0.717, 1.165) is 30.2 Å². The summed E-state index contributed by atoms with van der Waals surface area (Å²) in [6, 6.07) is 13.8. The average molecular weight is 368 g/mol. The molecule has 0 nitrogen and oxygen atoms in total. The minimum Gasteiger partial charge on any atom is -0.205 e.